The number of nitrogens with zero attached hydrogens (tertiary/aromatic N) is 2. The summed E-state index contributed by atoms with van der Waals surface area (Å²) >= 11 is 0. The number of benzene rings is 1. The first-order valence-electron chi connectivity index (χ1n) is 15.1. The molecule has 256 valence electrons. The van der Waals surface area contributed by atoms with E-state index >= 15 is 0 Å². The number of nitrogens with one attached hydrogen (secondary N) is 1. The van der Waals surface area contributed by atoms with E-state index in [1.165, 1.54) is 12.8 Å². The Morgan fingerprint density at radius 1 is 0.826 bits per heavy atom. The molecular weight excluding hydrogens is 602 g/mol. The molecule has 2 aliphatic rings. The molecule has 1 saturated heterocycles. The van der Waals surface area contributed by atoms with Crippen LogP contribution in [0.1, 0.15) is 44.6 Å². The van der Waals surface area contributed by atoms with Gasteiger partial charge in [-0.3, -0.25) is 9.69 Å². The van der Waals surface area contributed by atoms with Crippen molar-refractivity contribution < 1.29 is 53.9 Å². The molecule has 46 heavy (non-hydrogen) atoms. The number of hydrogen-bond donors (Lipinski definition) is 5. The molecule has 0 bridgehead atoms. The second-order valence-corrected chi connectivity index (χ2v) is 11.0. The third kappa shape index (κ3) is 19.1. The predicted octanol–water partition coefficient (Wildman–Crippen LogP) is 2.37. The van der Waals surface area contributed by atoms with E-state index in [4.69, 9.17) is 29.9 Å². The van der Waals surface area contributed by atoms with Crippen LogP contribution in [0, 0.1) is 5.92 Å². The minimum absolute atomic E-state index is 0.154. The van der Waals surface area contributed by atoms with Gasteiger partial charge in [0.15, 0.2) is 11.5 Å². The molecular formula is C32H47N3O11. The van der Waals surface area contributed by atoms with Crippen LogP contribution in [0.2, 0.25) is 0 Å². The second-order valence-electron chi connectivity index (χ2n) is 11.0. The number of carboxylic acids is 4. The first-order valence-corrected chi connectivity index (χ1v) is 15.1. The van der Waals surface area contributed by atoms with Gasteiger partial charge < -0.3 is 40.1 Å². The lowest BCUT2D eigenvalue weighted by Crippen LogP contribution is -2.45. The van der Waals surface area contributed by atoms with E-state index in [1.807, 2.05) is 18.2 Å². The van der Waals surface area contributed by atoms with Crippen LogP contribution in [-0.2, 0) is 30.4 Å². The number of methoxy groups -OCH3 is 1. The Morgan fingerprint density at radius 3 is 1.83 bits per heavy atom. The molecule has 0 aromatic heterocycles. The fraction of sp³-hybridized carbons (Fsp3) is 0.531. The normalized spacial score (nSPS) is 18.4. The Morgan fingerprint density at radius 2 is 1.35 bits per heavy atom. The van der Waals surface area contributed by atoms with E-state index in [0.717, 1.165) is 68.5 Å². The van der Waals surface area contributed by atoms with Crippen molar-refractivity contribution in [1.29, 1.82) is 0 Å². The zero-order valence-corrected chi connectivity index (χ0v) is 26.7. The smallest absolute Gasteiger partial charge is 0.328 e. The number of amides is 1. The van der Waals surface area contributed by atoms with Gasteiger partial charge in [-0.25, -0.2) is 19.2 Å². The molecule has 0 spiro atoms. The summed E-state index contributed by atoms with van der Waals surface area (Å²) in [6.07, 6.45) is 8.12. The summed E-state index contributed by atoms with van der Waals surface area (Å²) in [6.45, 7) is 8.30. The maximum Gasteiger partial charge on any atom is 0.328 e. The SMILES string of the molecule is COc1cc(CCC(=O)N[C@H]2CC[C@H](C)CC2)ccc1OCCN1CCN(C)CC1.O=C(O)C=CC(=O)O.O=C(O)C=CC(=O)O. The summed E-state index contributed by atoms with van der Waals surface area (Å²) in [7, 11) is 3.84. The van der Waals surface area contributed by atoms with Gasteiger partial charge in [-0.1, -0.05) is 13.0 Å². The molecule has 5 N–H and O–H groups in total. The van der Waals surface area contributed by atoms with E-state index in [0.29, 0.717) is 49.8 Å². The topological polar surface area (TPSA) is 203 Å². The van der Waals surface area contributed by atoms with E-state index in [-0.39, 0.29) is 5.91 Å². The van der Waals surface area contributed by atoms with Gasteiger partial charge in [-0.2, -0.15) is 0 Å². The zero-order valence-electron chi connectivity index (χ0n) is 26.7. The van der Waals surface area contributed by atoms with Gasteiger partial charge in [-0.15, -0.1) is 0 Å². The Balaban J connectivity index is 0.000000545. The highest BCUT2D eigenvalue weighted by molar-refractivity contribution is 5.90. The van der Waals surface area contributed by atoms with Crippen molar-refractivity contribution in [2.24, 2.45) is 5.92 Å². The molecule has 1 aliphatic carbocycles. The lowest BCUT2D eigenvalue weighted by molar-refractivity contribution is -0.134. The molecule has 1 aromatic carbocycles. The Labute approximate surface area is 269 Å². The molecule has 2 fully saturated rings. The van der Waals surface area contributed by atoms with Crippen LogP contribution >= 0.6 is 0 Å². The summed E-state index contributed by atoms with van der Waals surface area (Å²) in [5, 5.41) is 34.5. The Kier molecular flexibility index (Phi) is 19.1. The minimum atomic E-state index is -1.26. The number of aryl methyl sites for hydroxylation is 1. The van der Waals surface area contributed by atoms with Gasteiger partial charge >= 0.3 is 23.9 Å². The van der Waals surface area contributed by atoms with Crippen molar-refractivity contribution in [3.05, 3.63) is 48.1 Å². The number of aliphatic carboxylic acids is 4. The van der Waals surface area contributed by atoms with E-state index in [2.05, 4.69) is 29.1 Å². The van der Waals surface area contributed by atoms with E-state index in [9.17, 15) is 24.0 Å². The molecule has 14 heteroatoms. The Hall–Kier alpha value is -4.43. The van der Waals surface area contributed by atoms with Gasteiger partial charge in [0.05, 0.1) is 7.11 Å². The van der Waals surface area contributed by atoms with Crippen molar-refractivity contribution >= 4 is 29.8 Å². The van der Waals surface area contributed by atoms with Crippen molar-refractivity contribution in [1.82, 2.24) is 15.1 Å². The number of likely N-dealkylation sites (N-methyl/N-ethyl adjacent to an activating group) is 1. The summed E-state index contributed by atoms with van der Waals surface area (Å²) in [5.41, 5.74) is 1.10. The molecule has 0 atom stereocenters. The molecule has 1 heterocycles. The van der Waals surface area contributed by atoms with Crippen LogP contribution in [0.3, 0.4) is 0 Å². The van der Waals surface area contributed by atoms with Gasteiger partial charge in [0.2, 0.25) is 5.91 Å². The first-order chi connectivity index (χ1) is 21.8. The third-order valence-electron chi connectivity index (χ3n) is 7.25. The van der Waals surface area contributed by atoms with Gasteiger partial charge in [0.1, 0.15) is 6.61 Å². The zero-order chi connectivity index (χ0) is 34.5. The summed E-state index contributed by atoms with van der Waals surface area (Å²) in [5.74, 6) is -2.56. The third-order valence-corrected chi connectivity index (χ3v) is 7.25. The molecule has 1 aromatic rings. The number of carbonyl (C=O) groups is 5. The second kappa shape index (κ2) is 22.1. The lowest BCUT2D eigenvalue weighted by atomic mass is 9.87. The fourth-order valence-corrected chi connectivity index (χ4v) is 4.59. The summed E-state index contributed by atoms with van der Waals surface area (Å²) in [4.78, 5) is 55.3. The number of hydrogen-bond acceptors (Lipinski definition) is 9. The lowest BCUT2D eigenvalue weighted by Gasteiger charge is -2.32. The number of carboxylic acid groups (broad SMARTS) is 4. The van der Waals surface area contributed by atoms with Gasteiger partial charge in [-0.05, 0) is 62.8 Å². The van der Waals surface area contributed by atoms with Crippen LogP contribution in [-0.4, -0.2) is 120 Å². The van der Waals surface area contributed by atoms with Crippen LogP contribution in [0.15, 0.2) is 42.5 Å². The molecule has 1 amide bonds. The van der Waals surface area contributed by atoms with Crippen molar-refractivity contribution in [3.63, 3.8) is 0 Å². The van der Waals surface area contributed by atoms with E-state index < -0.39 is 23.9 Å². The minimum Gasteiger partial charge on any atom is -0.493 e. The van der Waals surface area contributed by atoms with Crippen molar-refractivity contribution in [2.75, 3.05) is 53.5 Å². The quantitative estimate of drug-likeness (QED) is 0.195. The maximum atomic E-state index is 12.3. The Bertz CT molecular complexity index is 1120. The molecule has 0 radical (unpaired) electrons. The molecule has 14 nitrogen and oxygen atoms in total. The first kappa shape index (κ1) is 39.6. The average Bonchev–Trinajstić information content (AvgIpc) is 3.01. The van der Waals surface area contributed by atoms with Crippen LogP contribution < -0.4 is 14.8 Å². The number of ether oxygens (including phenoxy) is 2. The van der Waals surface area contributed by atoms with Gasteiger partial charge in [0.25, 0.3) is 0 Å². The summed E-state index contributed by atoms with van der Waals surface area (Å²) < 4.78 is 11.5. The molecule has 1 aliphatic heterocycles. The van der Waals surface area contributed by atoms with Crippen LogP contribution in [0.4, 0.5) is 0 Å². The standard InChI is InChI=1S/C24H39N3O3.2C4H4O4/c1-19-4-8-21(9-5-19)25-24(28)11-7-20-6-10-22(23(18-20)29-3)30-17-16-27-14-12-26(2)13-15-27;2*5-3(6)1-2-4(7)8/h6,10,18-19,21H,4-5,7-9,11-17H2,1-3H3,(H,25,28);2*1-2H,(H,5,6)(H,7,8)/t19-,21-;;. The highest BCUT2D eigenvalue weighted by Gasteiger charge is 2.20. The maximum absolute atomic E-state index is 12.3. The van der Waals surface area contributed by atoms with Crippen molar-refractivity contribution in [2.45, 2.75) is 51.5 Å². The monoisotopic (exact) mass is 649 g/mol. The number of piperazine rings is 1. The van der Waals surface area contributed by atoms with Gasteiger partial charge in [0, 0.05) is 69.5 Å². The fourth-order valence-electron chi connectivity index (χ4n) is 4.59. The molecule has 1 saturated carbocycles. The molecule has 3 rings (SSSR count). The molecule has 0 unspecified atom stereocenters. The highest BCUT2D eigenvalue weighted by atomic mass is 16.5. The average molecular weight is 650 g/mol. The summed E-state index contributed by atoms with van der Waals surface area (Å²) in [6, 6.07) is 6.38. The highest BCUT2D eigenvalue weighted by Crippen LogP contribution is 2.29. The number of rotatable bonds is 13. The van der Waals surface area contributed by atoms with Crippen molar-refractivity contribution in [3.8, 4) is 11.5 Å². The van der Waals surface area contributed by atoms with Crippen LogP contribution in [0.25, 0.3) is 0 Å². The van der Waals surface area contributed by atoms with E-state index in [1.54, 1.807) is 7.11 Å². The number of carbonyl (C=O) groups excluding carboxylic acids is 1. The largest absolute Gasteiger partial charge is 0.493 e. The van der Waals surface area contributed by atoms with Crippen LogP contribution in [0.5, 0.6) is 11.5 Å². The predicted molar refractivity (Wildman–Crippen MR) is 169 cm³/mol.